The number of hydrogen-bond donors (Lipinski definition) is 0. The minimum atomic E-state index is 0.350. The van der Waals surface area contributed by atoms with E-state index in [9.17, 15) is 0 Å². The summed E-state index contributed by atoms with van der Waals surface area (Å²) in [4.78, 5) is 6.75. The first-order chi connectivity index (χ1) is 14.7. The number of likely N-dealkylation sites (tertiary alicyclic amines) is 1. The molecule has 3 aromatic rings. The van der Waals surface area contributed by atoms with Crippen molar-refractivity contribution in [3.63, 3.8) is 0 Å². The van der Waals surface area contributed by atoms with E-state index >= 15 is 0 Å². The normalized spacial score (nSPS) is 16.9. The van der Waals surface area contributed by atoms with Crippen LogP contribution in [0.2, 0.25) is 0 Å². The first-order valence-electron chi connectivity index (χ1n) is 10.5. The third kappa shape index (κ3) is 5.33. The number of hydrogen-bond acceptors (Lipinski definition) is 6. The third-order valence-corrected chi connectivity index (χ3v) is 5.44. The maximum Gasteiger partial charge on any atom is 0.223 e. The van der Waals surface area contributed by atoms with Crippen LogP contribution in [0.1, 0.15) is 24.3 Å². The second-order valence-corrected chi connectivity index (χ2v) is 7.77. The Morgan fingerprint density at radius 2 is 1.70 bits per heavy atom. The first-order valence-corrected chi connectivity index (χ1v) is 10.5. The number of aromatic nitrogens is 2. The molecular formula is C24H29N3O3. The second kappa shape index (κ2) is 9.98. The van der Waals surface area contributed by atoms with E-state index in [2.05, 4.69) is 51.4 Å². The van der Waals surface area contributed by atoms with Crippen LogP contribution in [0, 0.1) is 6.92 Å². The lowest BCUT2D eigenvalue weighted by atomic mass is 10.0. The largest absolute Gasteiger partial charge is 0.385 e. The molecule has 158 valence electrons. The van der Waals surface area contributed by atoms with Gasteiger partial charge in [-0.15, -0.1) is 0 Å². The maximum absolute atomic E-state index is 5.96. The molecule has 30 heavy (non-hydrogen) atoms. The molecule has 1 fully saturated rings. The van der Waals surface area contributed by atoms with E-state index in [1.165, 1.54) is 16.7 Å². The van der Waals surface area contributed by atoms with Crippen molar-refractivity contribution >= 4 is 0 Å². The zero-order valence-electron chi connectivity index (χ0n) is 17.7. The lowest BCUT2D eigenvalue weighted by Gasteiger charge is -2.16. The van der Waals surface area contributed by atoms with Crippen molar-refractivity contribution in [1.82, 2.24) is 15.0 Å². The number of benzene rings is 2. The molecule has 1 aliphatic rings. The van der Waals surface area contributed by atoms with Crippen molar-refractivity contribution in [3.05, 3.63) is 60.0 Å². The van der Waals surface area contributed by atoms with Gasteiger partial charge in [0.1, 0.15) is 0 Å². The predicted octanol–water partition coefficient (Wildman–Crippen LogP) is 4.34. The molecule has 0 aliphatic carbocycles. The maximum atomic E-state index is 5.96. The molecule has 6 nitrogen and oxygen atoms in total. The van der Waals surface area contributed by atoms with Crippen molar-refractivity contribution in [2.75, 3.05) is 33.4 Å². The standard InChI is InChI=1S/C24H29N3O3/c1-18-25-24(26-30-18)22-10-8-21(9-11-22)20-6-4-19(5-7-20)16-27-13-12-23(17-27)29-15-3-14-28-2/h4-11,23H,3,12-17H2,1-2H3. The van der Waals surface area contributed by atoms with Crippen LogP contribution in [0.25, 0.3) is 22.5 Å². The van der Waals surface area contributed by atoms with Crippen LogP contribution in [0.3, 0.4) is 0 Å². The molecular weight excluding hydrogens is 378 g/mol. The quantitative estimate of drug-likeness (QED) is 0.492. The van der Waals surface area contributed by atoms with Crippen molar-refractivity contribution in [1.29, 1.82) is 0 Å². The topological polar surface area (TPSA) is 60.6 Å². The van der Waals surface area contributed by atoms with Crippen molar-refractivity contribution < 1.29 is 14.0 Å². The molecule has 0 bridgehead atoms. The van der Waals surface area contributed by atoms with Gasteiger partial charge in [-0.2, -0.15) is 4.98 Å². The number of rotatable bonds is 9. The molecule has 6 heteroatoms. The summed E-state index contributed by atoms with van der Waals surface area (Å²) in [7, 11) is 1.73. The molecule has 1 saturated heterocycles. The van der Waals surface area contributed by atoms with Gasteiger partial charge in [0.15, 0.2) is 0 Å². The number of nitrogens with zero attached hydrogens (tertiary/aromatic N) is 3. The first kappa shape index (κ1) is 20.7. The van der Waals surface area contributed by atoms with Crippen LogP contribution in [-0.2, 0) is 16.0 Å². The van der Waals surface area contributed by atoms with E-state index in [1.807, 2.05) is 12.1 Å². The average molecular weight is 408 g/mol. The van der Waals surface area contributed by atoms with Gasteiger partial charge in [0.05, 0.1) is 6.10 Å². The van der Waals surface area contributed by atoms with Crippen LogP contribution < -0.4 is 0 Å². The average Bonchev–Trinajstić information content (AvgIpc) is 3.41. The number of aryl methyl sites for hydroxylation is 1. The Labute approximate surface area is 177 Å². The Bertz CT molecular complexity index is 922. The van der Waals surface area contributed by atoms with Crippen molar-refractivity contribution in [3.8, 4) is 22.5 Å². The summed E-state index contributed by atoms with van der Waals surface area (Å²) in [6.07, 6.45) is 2.42. The van der Waals surface area contributed by atoms with Crippen LogP contribution in [0.15, 0.2) is 53.1 Å². The van der Waals surface area contributed by atoms with E-state index in [1.54, 1.807) is 14.0 Å². The van der Waals surface area contributed by atoms with Gasteiger partial charge in [0.25, 0.3) is 0 Å². The molecule has 2 heterocycles. The van der Waals surface area contributed by atoms with Gasteiger partial charge in [-0.25, -0.2) is 0 Å². The predicted molar refractivity (Wildman–Crippen MR) is 116 cm³/mol. The summed E-state index contributed by atoms with van der Waals surface area (Å²) in [6.45, 7) is 6.41. The molecule has 0 spiro atoms. The molecule has 1 aliphatic heterocycles. The fourth-order valence-corrected chi connectivity index (χ4v) is 3.82. The van der Waals surface area contributed by atoms with Gasteiger partial charge in [-0.05, 0) is 29.5 Å². The molecule has 2 aromatic carbocycles. The van der Waals surface area contributed by atoms with Gasteiger partial charge in [-0.1, -0.05) is 53.7 Å². The van der Waals surface area contributed by atoms with Gasteiger partial charge in [0.2, 0.25) is 11.7 Å². The van der Waals surface area contributed by atoms with E-state index in [4.69, 9.17) is 14.0 Å². The lowest BCUT2D eigenvalue weighted by molar-refractivity contribution is 0.0444. The van der Waals surface area contributed by atoms with Crippen molar-refractivity contribution in [2.45, 2.75) is 32.4 Å². The van der Waals surface area contributed by atoms with Crippen LogP contribution >= 0.6 is 0 Å². The van der Waals surface area contributed by atoms with Crippen LogP contribution in [-0.4, -0.2) is 54.6 Å². The highest BCUT2D eigenvalue weighted by Crippen LogP contribution is 2.24. The van der Waals surface area contributed by atoms with Crippen molar-refractivity contribution in [2.24, 2.45) is 0 Å². The Morgan fingerprint density at radius 1 is 1.00 bits per heavy atom. The van der Waals surface area contributed by atoms with Crippen LogP contribution in [0.4, 0.5) is 0 Å². The van der Waals surface area contributed by atoms with Crippen LogP contribution in [0.5, 0.6) is 0 Å². The number of methoxy groups -OCH3 is 1. The summed E-state index contributed by atoms with van der Waals surface area (Å²) in [6, 6.07) is 17.1. The zero-order valence-corrected chi connectivity index (χ0v) is 17.7. The summed E-state index contributed by atoms with van der Waals surface area (Å²) < 4.78 is 16.1. The lowest BCUT2D eigenvalue weighted by Crippen LogP contribution is -2.23. The molecule has 0 N–H and O–H groups in total. The van der Waals surface area contributed by atoms with E-state index in [0.717, 1.165) is 51.3 Å². The summed E-state index contributed by atoms with van der Waals surface area (Å²) in [5, 5.41) is 3.97. The molecule has 1 unspecified atom stereocenters. The van der Waals surface area contributed by atoms with Gasteiger partial charge in [-0.3, -0.25) is 4.90 Å². The minimum absolute atomic E-state index is 0.350. The highest BCUT2D eigenvalue weighted by Gasteiger charge is 2.22. The summed E-state index contributed by atoms with van der Waals surface area (Å²) in [5.74, 6) is 1.20. The summed E-state index contributed by atoms with van der Waals surface area (Å²) in [5.41, 5.74) is 4.67. The smallest absolute Gasteiger partial charge is 0.223 e. The molecule has 0 saturated carbocycles. The fraction of sp³-hybridized carbons (Fsp3) is 0.417. The van der Waals surface area contributed by atoms with E-state index in [-0.39, 0.29) is 0 Å². The Hall–Kier alpha value is -2.54. The molecule has 1 atom stereocenters. The SMILES string of the molecule is COCCCOC1CCN(Cc2ccc(-c3ccc(-c4noc(C)n4)cc3)cc2)C1. The minimum Gasteiger partial charge on any atom is -0.385 e. The van der Waals surface area contributed by atoms with Gasteiger partial charge >= 0.3 is 0 Å². The Morgan fingerprint density at radius 3 is 2.37 bits per heavy atom. The molecule has 1 aromatic heterocycles. The second-order valence-electron chi connectivity index (χ2n) is 7.77. The van der Waals surface area contributed by atoms with Gasteiger partial charge < -0.3 is 14.0 Å². The molecule has 0 radical (unpaired) electrons. The fourth-order valence-electron chi connectivity index (χ4n) is 3.82. The summed E-state index contributed by atoms with van der Waals surface area (Å²) >= 11 is 0. The Kier molecular flexibility index (Phi) is 6.89. The zero-order chi connectivity index (χ0) is 20.8. The highest BCUT2D eigenvalue weighted by molar-refractivity contribution is 5.67. The van der Waals surface area contributed by atoms with E-state index < -0.39 is 0 Å². The number of ether oxygens (including phenoxy) is 2. The Balaban J connectivity index is 1.30. The molecule has 0 amide bonds. The molecule has 4 rings (SSSR count). The third-order valence-electron chi connectivity index (χ3n) is 5.44. The van der Waals surface area contributed by atoms with E-state index in [0.29, 0.717) is 17.8 Å². The monoisotopic (exact) mass is 407 g/mol. The highest BCUT2D eigenvalue weighted by atomic mass is 16.5. The van der Waals surface area contributed by atoms with Gasteiger partial charge in [0, 0.05) is 52.4 Å².